The maximum atomic E-state index is 12.8. The van der Waals surface area contributed by atoms with Gasteiger partial charge in [-0.05, 0) is 42.3 Å². The van der Waals surface area contributed by atoms with Crippen molar-refractivity contribution in [3.8, 4) is 11.4 Å². The number of hydrogen-bond donors (Lipinski definition) is 0. The zero-order chi connectivity index (χ0) is 23.9. The minimum Gasteiger partial charge on any atom is -0.484 e. The Morgan fingerprint density at radius 3 is 2.47 bits per heavy atom. The molecule has 0 atom stereocenters. The minimum absolute atomic E-state index is 0.0183. The van der Waals surface area contributed by atoms with Gasteiger partial charge < -0.3 is 9.64 Å². The van der Waals surface area contributed by atoms with E-state index < -0.39 is 0 Å². The second-order valence-electron chi connectivity index (χ2n) is 7.75. The molecule has 0 unspecified atom stereocenters. The normalized spacial score (nSPS) is 10.8. The molecular formula is C26H25ClN4O2S. The second kappa shape index (κ2) is 11.2. The van der Waals surface area contributed by atoms with Crippen molar-refractivity contribution in [3.63, 3.8) is 0 Å². The standard InChI is InChI=1S/C26H25ClN4O2S/c1-19-10-6-7-11-20(19)16-30(2)25(32)18-34-26-29-28-24(31(26)21-12-4-3-5-13-21)17-33-23-15-9-8-14-22(23)27/h3-15H,16-18H2,1-2H3. The largest absolute Gasteiger partial charge is 0.484 e. The molecule has 0 spiro atoms. The highest BCUT2D eigenvalue weighted by Gasteiger charge is 2.18. The number of carbonyl (C=O) groups is 1. The molecule has 1 heterocycles. The van der Waals surface area contributed by atoms with Gasteiger partial charge in [0.15, 0.2) is 11.0 Å². The van der Waals surface area contributed by atoms with E-state index in [0.717, 1.165) is 11.3 Å². The fourth-order valence-electron chi connectivity index (χ4n) is 3.40. The first-order chi connectivity index (χ1) is 16.5. The third kappa shape index (κ3) is 5.79. The number of halogens is 1. The molecule has 0 aliphatic carbocycles. The van der Waals surface area contributed by atoms with E-state index in [4.69, 9.17) is 16.3 Å². The van der Waals surface area contributed by atoms with Crippen LogP contribution in [0.4, 0.5) is 0 Å². The molecule has 4 rings (SSSR count). The first-order valence-electron chi connectivity index (χ1n) is 10.8. The zero-order valence-electron chi connectivity index (χ0n) is 19.0. The Kier molecular flexibility index (Phi) is 7.87. The molecule has 0 saturated heterocycles. The van der Waals surface area contributed by atoms with Crippen LogP contribution in [0, 0.1) is 6.92 Å². The van der Waals surface area contributed by atoms with Gasteiger partial charge in [-0.1, -0.05) is 78.0 Å². The molecule has 0 aliphatic rings. The van der Waals surface area contributed by atoms with E-state index in [0.29, 0.717) is 28.3 Å². The van der Waals surface area contributed by atoms with E-state index >= 15 is 0 Å². The molecule has 4 aromatic rings. The molecule has 8 heteroatoms. The highest BCUT2D eigenvalue weighted by atomic mass is 35.5. The van der Waals surface area contributed by atoms with E-state index in [-0.39, 0.29) is 18.3 Å². The predicted molar refractivity (Wildman–Crippen MR) is 136 cm³/mol. The fraction of sp³-hybridized carbons (Fsp3) is 0.192. The molecule has 3 aromatic carbocycles. The smallest absolute Gasteiger partial charge is 0.233 e. The first kappa shape index (κ1) is 23.9. The number of hydrogen-bond acceptors (Lipinski definition) is 5. The van der Waals surface area contributed by atoms with E-state index in [9.17, 15) is 4.79 Å². The lowest BCUT2D eigenvalue weighted by Crippen LogP contribution is -2.28. The molecule has 0 N–H and O–H groups in total. The molecule has 34 heavy (non-hydrogen) atoms. The monoisotopic (exact) mass is 492 g/mol. The summed E-state index contributed by atoms with van der Waals surface area (Å²) in [5.74, 6) is 1.46. The summed E-state index contributed by atoms with van der Waals surface area (Å²) < 4.78 is 7.81. The number of thioether (sulfide) groups is 1. The minimum atomic E-state index is 0.0183. The van der Waals surface area contributed by atoms with Crippen LogP contribution < -0.4 is 4.74 Å². The number of nitrogens with zero attached hydrogens (tertiary/aromatic N) is 4. The van der Waals surface area contributed by atoms with Crippen molar-refractivity contribution in [2.45, 2.75) is 25.2 Å². The zero-order valence-corrected chi connectivity index (χ0v) is 20.6. The summed E-state index contributed by atoms with van der Waals surface area (Å²) in [5, 5.41) is 9.85. The van der Waals surface area contributed by atoms with Crippen LogP contribution in [0.3, 0.4) is 0 Å². The molecule has 0 saturated carbocycles. The maximum Gasteiger partial charge on any atom is 0.233 e. The molecule has 174 valence electrons. The van der Waals surface area contributed by atoms with Crippen molar-refractivity contribution in [1.82, 2.24) is 19.7 Å². The van der Waals surface area contributed by atoms with Gasteiger partial charge in [-0.3, -0.25) is 9.36 Å². The van der Waals surface area contributed by atoms with Crippen LogP contribution in [0.1, 0.15) is 17.0 Å². The average molecular weight is 493 g/mol. The average Bonchev–Trinajstić information content (AvgIpc) is 3.26. The van der Waals surface area contributed by atoms with Crippen LogP contribution in [-0.2, 0) is 17.9 Å². The number of amides is 1. The van der Waals surface area contributed by atoms with Crippen molar-refractivity contribution in [2.24, 2.45) is 0 Å². The Balaban J connectivity index is 1.48. The summed E-state index contributed by atoms with van der Waals surface area (Å²) >= 11 is 7.58. The van der Waals surface area contributed by atoms with Crippen LogP contribution in [0.15, 0.2) is 84.0 Å². The molecule has 1 amide bonds. The Hall–Kier alpha value is -3.29. The van der Waals surface area contributed by atoms with Crippen molar-refractivity contribution in [2.75, 3.05) is 12.8 Å². The second-order valence-corrected chi connectivity index (χ2v) is 9.10. The molecule has 1 aromatic heterocycles. The van der Waals surface area contributed by atoms with Crippen molar-refractivity contribution in [3.05, 3.63) is 101 Å². The lowest BCUT2D eigenvalue weighted by Gasteiger charge is -2.18. The van der Waals surface area contributed by atoms with E-state index in [1.165, 1.54) is 17.3 Å². The molecule has 0 radical (unpaired) electrons. The third-order valence-corrected chi connectivity index (χ3v) is 6.55. The molecular weight excluding hydrogens is 468 g/mol. The number of aryl methyl sites for hydroxylation is 1. The van der Waals surface area contributed by atoms with Crippen LogP contribution in [0.25, 0.3) is 5.69 Å². The van der Waals surface area contributed by atoms with Gasteiger partial charge in [-0.15, -0.1) is 10.2 Å². The fourth-order valence-corrected chi connectivity index (χ4v) is 4.50. The molecule has 0 bridgehead atoms. The quantitative estimate of drug-likeness (QED) is 0.286. The number of para-hydroxylation sites is 2. The molecule has 6 nitrogen and oxygen atoms in total. The molecule has 0 fully saturated rings. The highest BCUT2D eigenvalue weighted by molar-refractivity contribution is 7.99. The van der Waals surface area contributed by atoms with Crippen LogP contribution in [-0.4, -0.2) is 38.4 Å². The SMILES string of the molecule is Cc1ccccc1CN(C)C(=O)CSc1nnc(COc2ccccc2Cl)n1-c1ccccc1. The van der Waals surface area contributed by atoms with E-state index in [1.54, 1.807) is 11.0 Å². The Morgan fingerprint density at radius 1 is 1.00 bits per heavy atom. The summed E-state index contributed by atoms with van der Waals surface area (Å²) in [5.41, 5.74) is 3.20. The summed E-state index contributed by atoms with van der Waals surface area (Å²) in [4.78, 5) is 14.6. The van der Waals surface area contributed by atoms with Gasteiger partial charge in [0, 0.05) is 19.3 Å². The van der Waals surface area contributed by atoms with Crippen molar-refractivity contribution < 1.29 is 9.53 Å². The number of rotatable bonds is 9. The van der Waals surface area contributed by atoms with Gasteiger partial charge in [0.25, 0.3) is 0 Å². The Morgan fingerprint density at radius 2 is 1.71 bits per heavy atom. The summed E-state index contributed by atoms with van der Waals surface area (Å²) in [6, 6.07) is 25.2. The van der Waals surface area contributed by atoms with Crippen LogP contribution in [0.5, 0.6) is 5.75 Å². The topological polar surface area (TPSA) is 60.3 Å². The lowest BCUT2D eigenvalue weighted by molar-refractivity contribution is -0.127. The Bertz CT molecular complexity index is 1260. The number of aromatic nitrogens is 3. The van der Waals surface area contributed by atoms with Gasteiger partial charge in [0.05, 0.1) is 10.8 Å². The number of benzene rings is 3. The van der Waals surface area contributed by atoms with Gasteiger partial charge in [-0.2, -0.15) is 0 Å². The Labute approximate surface area is 208 Å². The predicted octanol–water partition coefficient (Wildman–Crippen LogP) is 5.56. The first-order valence-corrected chi connectivity index (χ1v) is 12.2. The highest BCUT2D eigenvalue weighted by Crippen LogP contribution is 2.26. The third-order valence-electron chi connectivity index (χ3n) is 5.33. The van der Waals surface area contributed by atoms with Gasteiger partial charge in [0.1, 0.15) is 12.4 Å². The van der Waals surface area contributed by atoms with Crippen molar-refractivity contribution in [1.29, 1.82) is 0 Å². The van der Waals surface area contributed by atoms with Gasteiger partial charge in [-0.25, -0.2) is 0 Å². The van der Waals surface area contributed by atoms with Crippen LogP contribution in [0.2, 0.25) is 5.02 Å². The maximum absolute atomic E-state index is 12.8. The van der Waals surface area contributed by atoms with Crippen LogP contribution >= 0.6 is 23.4 Å². The lowest BCUT2D eigenvalue weighted by atomic mass is 10.1. The molecule has 0 aliphatic heterocycles. The number of ether oxygens (including phenoxy) is 1. The number of carbonyl (C=O) groups excluding carboxylic acids is 1. The van der Waals surface area contributed by atoms with Gasteiger partial charge in [0.2, 0.25) is 5.91 Å². The summed E-state index contributed by atoms with van der Waals surface area (Å²) in [6.07, 6.45) is 0. The van der Waals surface area contributed by atoms with E-state index in [2.05, 4.69) is 23.2 Å². The summed E-state index contributed by atoms with van der Waals surface area (Å²) in [6.45, 7) is 2.80. The van der Waals surface area contributed by atoms with Crippen molar-refractivity contribution >= 4 is 29.3 Å². The van der Waals surface area contributed by atoms with Gasteiger partial charge >= 0.3 is 0 Å². The van der Waals surface area contributed by atoms with E-state index in [1.807, 2.05) is 78.3 Å². The summed E-state index contributed by atoms with van der Waals surface area (Å²) in [7, 11) is 1.82.